The second-order valence-corrected chi connectivity index (χ2v) is 7.13. The molecule has 3 aromatic carbocycles. The van der Waals surface area contributed by atoms with Crippen molar-refractivity contribution in [2.24, 2.45) is 0 Å². The Bertz CT molecular complexity index is 1170. The molecule has 4 rings (SSSR count). The van der Waals surface area contributed by atoms with E-state index in [-0.39, 0.29) is 5.91 Å². The third-order valence-corrected chi connectivity index (χ3v) is 4.83. The van der Waals surface area contributed by atoms with E-state index < -0.39 is 0 Å². The largest absolute Gasteiger partial charge is 0.351 e. The van der Waals surface area contributed by atoms with Crippen LogP contribution in [0.5, 0.6) is 0 Å². The minimum atomic E-state index is -0.151. The molecule has 1 heterocycles. The maximum Gasteiger partial charge on any atom is 0.253 e. The molecule has 0 fully saturated rings. The molecule has 0 bridgehead atoms. The van der Waals surface area contributed by atoms with Crippen molar-refractivity contribution in [1.82, 2.24) is 20.2 Å². The Morgan fingerprint density at radius 1 is 1.00 bits per heavy atom. The zero-order valence-corrected chi connectivity index (χ0v) is 15.9. The molecular formula is C21H19ClN4O. The molecule has 27 heavy (non-hydrogen) atoms. The van der Waals surface area contributed by atoms with Gasteiger partial charge in [-0.15, -0.1) is 0 Å². The zero-order chi connectivity index (χ0) is 19.0. The number of fused-ring (bicyclic) bond motifs is 4. The van der Waals surface area contributed by atoms with E-state index in [4.69, 9.17) is 21.6 Å². The first kappa shape index (κ1) is 17.6. The van der Waals surface area contributed by atoms with Gasteiger partial charge in [-0.25, -0.2) is 9.97 Å². The Balaban J connectivity index is 1.88. The number of carbonyl (C=O) groups is 1. The van der Waals surface area contributed by atoms with Gasteiger partial charge in [0.25, 0.3) is 5.91 Å². The number of benzene rings is 3. The van der Waals surface area contributed by atoms with Crippen molar-refractivity contribution in [1.29, 1.82) is 0 Å². The predicted octanol–water partition coefficient (Wildman–Crippen LogP) is 3.88. The molecule has 0 saturated carbocycles. The van der Waals surface area contributed by atoms with Crippen LogP contribution in [-0.4, -0.2) is 48.0 Å². The first-order valence-corrected chi connectivity index (χ1v) is 9.13. The summed E-state index contributed by atoms with van der Waals surface area (Å²) in [6, 6.07) is 15.1. The smallest absolute Gasteiger partial charge is 0.253 e. The van der Waals surface area contributed by atoms with Crippen molar-refractivity contribution < 1.29 is 4.79 Å². The van der Waals surface area contributed by atoms with Crippen molar-refractivity contribution in [3.8, 4) is 0 Å². The number of carbonyl (C=O) groups excluding carboxylic acids is 1. The number of aromatic nitrogens is 2. The molecule has 4 aromatic rings. The van der Waals surface area contributed by atoms with Crippen molar-refractivity contribution in [3.05, 3.63) is 59.1 Å². The van der Waals surface area contributed by atoms with Crippen LogP contribution in [-0.2, 0) is 0 Å². The number of halogens is 1. The Morgan fingerprint density at radius 2 is 1.78 bits per heavy atom. The van der Waals surface area contributed by atoms with E-state index in [0.29, 0.717) is 33.7 Å². The van der Waals surface area contributed by atoms with E-state index in [9.17, 15) is 4.79 Å². The number of hydrogen-bond donors (Lipinski definition) is 1. The maximum absolute atomic E-state index is 12.7. The summed E-state index contributed by atoms with van der Waals surface area (Å²) in [5.74, 6) is -0.151. The molecule has 1 amide bonds. The molecule has 0 spiro atoms. The van der Waals surface area contributed by atoms with Crippen LogP contribution < -0.4 is 5.32 Å². The summed E-state index contributed by atoms with van der Waals surface area (Å²) in [5.41, 5.74) is 3.26. The third kappa shape index (κ3) is 3.31. The van der Waals surface area contributed by atoms with Gasteiger partial charge in [-0.05, 0) is 43.7 Å². The zero-order valence-electron chi connectivity index (χ0n) is 15.2. The van der Waals surface area contributed by atoms with Crippen molar-refractivity contribution >= 4 is 50.3 Å². The summed E-state index contributed by atoms with van der Waals surface area (Å²) in [6.07, 6.45) is 0. The highest BCUT2D eigenvalue weighted by atomic mass is 35.5. The highest BCUT2D eigenvalue weighted by molar-refractivity contribution is 6.37. The van der Waals surface area contributed by atoms with E-state index in [1.807, 2.05) is 61.5 Å². The van der Waals surface area contributed by atoms with Crippen LogP contribution in [0.3, 0.4) is 0 Å². The minimum Gasteiger partial charge on any atom is -0.351 e. The van der Waals surface area contributed by atoms with E-state index in [0.717, 1.165) is 22.8 Å². The fourth-order valence-corrected chi connectivity index (χ4v) is 3.43. The summed E-state index contributed by atoms with van der Waals surface area (Å²) in [6.45, 7) is 1.34. The fourth-order valence-electron chi connectivity index (χ4n) is 3.16. The lowest BCUT2D eigenvalue weighted by molar-refractivity contribution is 0.0952. The van der Waals surface area contributed by atoms with E-state index >= 15 is 0 Å². The fraction of sp³-hybridized carbons (Fsp3) is 0.190. The van der Waals surface area contributed by atoms with Crippen molar-refractivity contribution in [3.63, 3.8) is 0 Å². The first-order valence-electron chi connectivity index (χ1n) is 8.75. The van der Waals surface area contributed by atoms with E-state index in [2.05, 4.69) is 5.32 Å². The highest BCUT2D eigenvalue weighted by Crippen LogP contribution is 2.31. The van der Waals surface area contributed by atoms with Gasteiger partial charge in [0.05, 0.1) is 27.1 Å². The summed E-state index contributed by atoms with van der Waals surface area (Å²) in [4.78, 5) is 24.2. The van der Waals surface area contributed by atoms with Crippen LogP contribution in [0.15, 0.2) is 48.5 Å². The quantitative estimate of drug-likeness (QED) is 0.432. The van der Waals surface area contributed by atoms with Gasteiger partial charge in [0.1, 0.15) is 5.52 Å². The van der Waals surface area contributed by atoms with Crippen molar-refractivity contribution in [2.75, 3.05) is 27.2 Å². The molecule has 0 atom stereocenters. The van der Waals surface area contributed by atoms with Crippen LogP contribution in [0.1, 0.15) is 10.4 Å². The van der Waals surface area contributed by atoms with Gasteiger partial charge >= 0.3 is 0 Å². The molecule has 6 heteroatoms. The molecule has 1 N–H and O–H groups in total. The summed E-state index contributed by atoms with van der Waals surface area (Å²) >= 11 is 6.44. The van der Waals surface area contributed by atoms with Crippen molar-refractivity contribution in [2.45, 2.75) is 0 Å². The number of para-hydroxylation sites is 1. The van der Waals surface area contributed by atoms with Gasteiger partial charge in [0, 0.05) is 18.5 Å². The average molecular weight is 379 g/mol. The van der Waals surface area contributed by atoms with Crippen LogP contribution in [0, 0.1) is 0 Å². The van der Waals surface area contributed by atoms with Crippen LogP contribution >= 0.6 is 11.6 Å². The summed E-state index contributed by atoms with van der Waals surface area (Å²) in [7, 11) is 3.94. The molecule has 0 aliphatic rings. The Kier molecular flexibility index (Phi) is 4.64. The van der Waals surface area contributed by atoms with Gasteiger partial charge < -0.3 is 10.2 Å². The summed E-state index contributed by atoms with van der Waals surface area (Å²) < 4.78 is 0. The lowest BCUT2D eigenvalue weighted by atomic mass is 10.1. The number of rotatable bonds is 4. The molecule has 0 saturated heterocycles. The molecular weight excluding hydrogens is 360 g/mol. The SMILES string of the molecule is CN(C)CCNC(=O)c1cccc2nc3ccc4cccc(Cl)c4c3nc12. The van der Waals surface area contributed by atoms with E-state index in [1.54, 1.807) is 6.07 Å². The second-order valence-electron chi connectivity index (χ2n) is 6.73. The Labute approximate surface area is 162 Å². The molecule has 0 aliphatic carbocycles. The van der Waals surface area contributed by atoms with Crippen LogP contribution in [0.25, 0.3) is 32.8 Å². The second kappa shape index (κ2) is 7.10. The molecule has 0 unspecified atom stereocenters. The number of nitrogens with one attached hydrogen (secondary N) is 1. The van der Waals surface area contributed by atoms with Crippen LogP contribution in [0.4, 0.5) is 0 Å². The lowest BCUT2D eigenvalue weighted by Crippen LogP contribution is -2.31. The number of hydrogen-bond acceptors (Lipinski definition) is 4. The molecule has 1 aromatic heterocycles. The normalized spacial score (nSPS) is 11.6. The van der Waals surface area contributed by atoms with Crippen LogP contribution in [0.2, 0.25) is 5.02 Å². The number of amides is 1. The Hall–Kier alpha value is -2.76. The maximum atomic E-state index is 12.7. The Morgan fingerprint density at radius 3 is 2.59 bits per heavy atom. The monoisotopic (exact) mass is 378 g/mol. The lowest BCUT2D eigenvalue weighted by Gasteiger charge is -2.12. The first-order chi connectivity index (χ1) is 13.0. The molecule has 136 valence electrons. The topological polar surface area (TPSA) is 58.1 Å². The van der Waals surface area contributed by atoms with Gasteiger partial charge in [-0.3, -0.25) is 4.79 Å². The number of likely N-dealkylation sites (N-methyl/N-ethyl adjacent to an activating group) is 1. The van der Waals surface area contributed by atoms with Gasteiger partial charge in [-0.1, -0.05) is 35.9 Å². The van der Waals surface area contributed by atoms with E-state index in [1.165, 1.54) is 0 Å². The minimum absolute atomic E-state index is 0.151. The summed E-state index contributed by atoms with van der Waals surface area (Å²) in [5, 5.41) is 5.42. The number of nitrogens with zero attached hydrogens (tertiary/aromatic N) is 3. The van der Waals surface area contributed by atoms with Gasteiger partial charge in [0.15, 0.2) is 0 Å². The molecule has 0 aliphatic heterocycles. The predicted molar refractivity (Wildman–Crippen MR) is 110 cm³/mol. The highest BCUT2D eigenvalue weighted by Gasteiger charge is 2.14. The standard InChI is InChI=1S/C21H19ClN4O/c1-26(2)12-11-23-21(27)14-6-4-8-16-19(14)25-20-17(24-16)10-9-13-5-3-7-15(22)18(13)20/h3-10H,11-12H2,1-2H3,(H,23,27). The third-order valence-electron chi connectivity index (χ3n) is 4.51. The molecule has 5 nitrogen and oxygen atoms in total. The van der Waals surface area contributed by atoms with Gasteiger partial charge in [-0.2, -0.15) is 0 Å². The molecule has 0 radical (unpaired) electrons. The average Bonchev–Trinajstić information content (AvgIpc) is 2.65. The van der Waals surface area contributed by atoms with Gasteiger partial charge in [0.2, 0.25) is 0 Å².